The third kappa shape index (κ3) is 2.79. The molecule has 0 aliphatic rings. The van der Waals surface area contributed by atoms with E-state index in [2.05, 4.69) is 9.73 Å². The second-order valence-corrected chi connectivity index (χ2v) is 2.95. The number of benzene rings is 1. The van der Waals surface area contributed by atoms with Crippen LogP contribution in [-0.2, 0) is 0 Å². The summed E-state index contributed by atoms with van der Waals surface area (Å²) in [4.78, 5) is 3.76. The molecule has 0 radical (unpaired) electrons. The summed E-state index contributed by atoms with van der Waals surface area (Å²) in [5.74, 6) is -2.20. The molecule has 1 aromatic carbocycles. The zero-order valence-electron chi connectivity index (χ0n) is 7.93. The predicted molar refractivity (Wildman–Crippen MR) is 54.9 cm³/mol. The number of methoxy groups -OCH3 is 1. The van der Waals surface area contributed by atoms with Gasteiger partial charge in [-0.1, -0.05) is 0 Å². The minimum atomic E-state index is -1.05. The van der Waals surface area contributed by atoms with Crippen LogP contribution in [0.25, 0.3) is 0 Å². The number of nitrogens with two attached hydrogens (primary N) is 1. The van der Waals surface area contributed by atoms with Gasteiger partial charge in [-0.3, -0.25) is 0 Å². The number of ether oxygens (including phenoxy) is 1. The molecule has 0 bridgehead atoms. The summed E-state index contributed by atoms with van der Waals surface area (Å²) in [7, 11) is 1.23. The van der Waals surface area contributed by atoms with Crippen molar-refractivity contribution >= 4 is 23.1 Å². The van der Waals surface area contributed by atoms with Crippen LogP contribution in [0.3, 0.4) is 0 Å². The van der Waals surface area contributed by atoms with Crippen molar-refractivity contribution in [2.75, 3.05) is 13.0 Å². The van der Waals surface area contributed by atoms with E-state index in [9.17, 15) is 8.78 Å². The first kappa shape index (κ1) is 11.7. The van der Waals surface area contributed by atoms with Crippen LogP contribution in [0.2, 0.25) is 0 Å². The Bertz CT molecular complexity index is 396. The first-order chi connectivity index (χ1) is 7.08. The first-order valence-corrected chi connectivity index (χ1v) is 4.54. The van der Waals surface area contributed by atoms with Gasteiger partial charge in [0.1, 0.15) is 5.84 Å². The molecule has 0 aliphatic carbocycles. The topological polar surface area (TPSA) is 47.6 Å². The maximum absolute atomic E-state index is 13.0. The van der Waals surface area contributed by atoms with Crippen molar-refractivity contribution in [3.63, 3.8) is 0 Å². The number of aliphatic imine (C=N–C) groups is 1. The third-order valence-corrected chi connectivity index (χ3v) is 1.88. The Labute approximate surface area is 90.5 Å². The van der Waals surface area contributed by atoms with Crippen LogP contribution >= 0.6 is 11.6 Å². The molecule has 1 rings (SSSR count). The van der Waals surface area contributed by atoms with Gasteiger partial charge in [0.15, 0.2) is 11.6 Å². The number of nitrogens with zero attached hydrogens (tertiary/aromatic N) is 1. The molecule has 82 valence electrons. The number of amidine groups is 1. The van der Waals surface area contributed by atoms with Crippen molar-refractivity contribution in [3.8, 4) is 5.75 Å². The van der Waals surface area contributed by atoms with Crippen molar-refractivity contribution in [2.24, 2.45) is 10.7 Å². The SMILES string of the molecule is COc1cc(N=C(N)CCl)cc(F)c1F. The van der Waals surface area contributed by atoms with Crippen LogP contribution < -0.4 is 10.5 Å². The van der Waals surface area contributed by atoms with Crippen LogP contribution in [0, 0.1) is 11.6 Å². The van der Waals surface area contributed by atoms with Crippen molar-refractivity contribution in [3.05, 3.63) is 23.8 Å². The van der Waals surface area contributed by atoms with Crippen LogP contribution in [0.5, 0.6) is 5.75 Å². The Morgan fingerprint density at radius 1 is 1.53 bits per heavy atom. The molecule has 0 amide bonds. The molecular weight excluding hydrogens is 226 g/mol. The Balaban J connectivity index is 3.17. The lowest BCUT2D eigenvalue weighted by Crippen LogP contribution is -2.12. The van der Waals surface area contributed by atoms with E-state index in [1.165, 1.54) is 13.2 Å². The smallest absolute Gasteiger partial charge is 0.200 e. The Kier molecular flexibility index (Phi) is 3.85. The van der Waals surface area contributed by atoms with Gasteiger partial charge in [-0.2, -0.15) is 4.39 Å². The van der Waals surface area contributed by atoms with Gasteiger partial charge in [-0.15, -0.1) is 11.6 Å². The molecule has 0 saturated heterocycles. The lowest BCUT2D eigenvalue weighted by atomic mass is 10.3. The molecule has 0 aromatic heterocycles. The molecule has 6 heteroatoms. The number of hydrogen-bond acceptors (Lipinski definition) is 2. The minimum Gasteiger partial charge on any atom is -0.493 e. The van der Waals surface area contributed by atoms with E-state index in [1.807, 2.05) is 0 Å². The Morgan fingerprint density at radius 2 is 2.20 bits per heavy atom. The highest BCUT2D eigenvalue weighted by Gasteiger charge is 2.10. The first-order valence-electron chi connectivity index (χ1n) is 4.00. The van der Waals surface area contributed by atoms with Crippen molar-refractivity contribution in [1.29, 1.82) is 0 Å². The Hall–Kier alpha value is -1.36. The highest BCUT2D eigenvalue weighted by atomic mass is 35.5. The minimum absolute atomic E-state index is 0.0152. The normalized spacial score (nSPS) is 11.6. The highest BCUT2D eigenvalue weighted by molar-refractivity contribution is 6.28. The van der Waals surface area contributed by atoms with E-state index in [0.29, 0.717) is 0 Å². The van der Waals surface area contributed by atoms with Crippen molar-refractivity contribution in [1.82, 2.24) is 0 Å². The summed E-state index contributed by atoms with van der Waals surface area (Å²) < 4.78 is 30.6. The third-order valence-electron chi connectivity index (χ3n) is 1.61. The molecule has 0 aliphatic heterocycles. The molecule has 0 saturated carbocycles. The van der Waals surface area contributed by atoms with Crippen LogP contribution in [-0.4, -0.2) is 18.8 Å². The monoisotopic (exact) mass is 234 g/mol. The summed E-state index contributed by atoms with van der Waals surface area (Å²) in [6.45, 7) is 0. The van der Waals surface area contributed by atoms with Gasteiger partial charge in [-0.05, 0) is 0 Å². The van der Waals surface area contributed by atoms with Crippen molar-refractivity contribution < 1.29 is 13.5 Å². The van der Waals surface area contributed by atoms with Gasteiger partial charge >= 0.3 is 0 Å². The van der Waals surface area contributed by atoms with Gasteiger partial charge in [0.05, 0.1) is 18.7 Å². The molecule has 15 heavy (non-hydrogen) atoms. The average Bonchev–Trinajstić information content (AvgIpc) is 2.22. The number of halogens is 3. The van der Waals surface area contributed by atoms with Crippen LogP contribution in [0.4, 0.5) is 14.5 Å². The fraction of sp³-hybridized carbons (Fsp3) is 0.222. The number of hydrogen-bond donors (Lipinski definition) is 1. The molecule has 3 nitrogen and oxygen atoms in total. The largest absolute Gasteiger partial charge is 0.493 e. The van der Waals surface area contributed by atoms with Gasteiger partial charge in [0.2, 0.25) is 5.82 Å². The molecule has 0 fully saturated rings. The standard InChI is InChI=1S/C9H9ClF2N2O/c1-15-7-3-5(14-8(13)4-10)2-6(11)9(7)12/h2-3H,4H2,1H3,(H2,13,14). The van der Waals surface area contributed by atoms with Crippen LogP contribution in [0.15, 0.2) is 17.1 Å². The van der Waals surface area contributed by atoms with Gasteiger partial charge < -0.3 is 10.5 Å². The summed E-state index contributed by atoms with van der Waals surface area (Å²) in [6, 6.07) is 2.15. The maximum Gasteiger partial charge on any atom is 0.200 e. The van der Waals surface area contributed by atoms with E-state index >= 15 is 0 Å². The zero-order valence-corrected chi connectivity index (χ0v) is 8.68. The fourth-order valence-corrected chi connectivity index (χ4v) is 1.02. The van der Waals surface area contributed by atoms with Crippen molar-refractivity contribution in [2.45, 2.75) is 0 Å². The lowest BCUT2D eigenvalue weighted by molar-refractivity contribution is 0.372. The fourth-order valence-electron chi connectivity index (χ4n) is 0.959. The van der Waals surface area contributed by atoms with E-state index in [-0.39, 0.29) is 23.2 Å². The van der Waals surface area contributed by atoms with E-state index in [0.717, 1.165) is 6.07 Å². The molecule has 1 aromatic rings. The molecule has 0 heterocycles. The highest BCUT2D eigenvalue weighted by Crippen LogP contribution is 2.26. The van der Waals surface area contributed by atoms with E-state index in [1.54, 1.807) is 0 Å². The summed E-state index contributed by atoms with van der Waals surface area (Å²) in [5, 5.41) is 0. The second-order valence-electron chi connectivity index (χ2n) is 2.68. The Morgan fingerprint density at radius 3 is 2.73 bits per heavy atom. The molecule has 0 spiro atoms. The average molecular weight is 235 g/mol. The van der Waals surface area contributed by atoms with Gasteiger partial charge in [0.25, 0.3) is 0 Å². The number of rotatable bonds is 3. The van der Waals surface area contributed by atoms with Gasteiger partial charge in [-0.25, -0.2) is 9.38 Å². The van der Waals surface area contributed by atoms with E-state index < -0.39 is 11.6 Å². The lowest BCUT2D eigenvalue weighted by Gasteiger charge is -2.04. The number of alkyl halides is 1. The quantitative estimate of drug-likeness (QED) is 0.495. The van der Waals surface area contributed by atoms with Crippen LogP contribution in [0.1, 0.15) is 0 Å². The summed E-state index contributed by atoms with van der Waals surface area (Å²) in [5.41, 5.74) is 5.50. The van der Waals surface area contributed by atoms with Gasteiger partial charge in [0, 0.05) is 12.1 Å². The maximum atomic E-state index is 13.0. The summed E-state index contributed by atoms with van der Waals surface area (Å²) >= 11 is 5.39. The molecule has 0 unspecified atom stereocenters. The molecular formula is C9H9ClF2N2O. The zero-order chi connectivity index (χ0) is 11.4. The molecule has 2 N–H and O–H groups in total. The second kappa shape index (κ2) is 4.93. The predicted octanol–water partition coefficient (Wildman–Crippen LogP) is 2.20. The summed E-state index contributed by atoms with van der Waals surface area (Å²) in [6.07, 6.45) is 0. The van der Waals surface area contributed by atoms with E-state index in [4.69, 9.17) is 17.3 Å². The molecule has 0 atom stereocenters.